The smallest absolute Gasteiger partial charge is 0.247 e. The molecule has 0 saturated carbocycles. The van der Waals surface area contributed by atoms with E-state index in [0.29, 0.717) is 4.90 Å². The second-order valence-corrected chi connectivity index (χ2v) is 4.26. The second-order valence-electron chi connectivity index (χ2n) is 2.84. The van der Waals surface area contributed by atoms with E-state index in [1.807, 2.05) is 5.43 Å². The first-order valence-electron chi connectivity index (χ1n) is 4.16. The minimum absolute atomic E-state index is 0.371. The van der Waals surface area contributed by atoms with Crippen LogP contribution >= 0.6 is 11.8 Å². The Balaban J connectivity index is 2.73. The maximum atomic E-state index is 12.8. The maximum absolute atomic E-state index is 12.8. The van der Waals surface area contributed by atoms with E-state index >= 15 is 0 Å². The van der Waals surface area contributed by atoms with Crippen molar-refractivity contribution in [2.75, 3.05) is 0 Å². The first-order chi connectivity index (χ1) is 7.04. The Bertz CT molecular complexity index is 373. The van der Waals surface area contributed by atoms with Crippen molar-refractivity contribution in [3.63, 3.8) is 0 Å². The number of amides is 1. The van der Waals surface area contributed by atoms with Crippen LogP contribution in [0.15, 0.2) is 23.1 Å². The molecule has 0 radical (unpaired) electrons. The highest BCUT2D eigenvalue weighted by atomic mass is 32.2. The highest BCUT2D eigenvalue weighted by Gasteiger charge is 2.13. The molecule has 1 atom stereocenters. The summed E-state index contributed by atoms with van der Waals surface area (Å²) in [6, 6.07) is 3.47. The Kier molecular flexibility index (Phi) is 4.05. The molecule has 0 aliphatic carbocycles. The molecule has 1 aromatic carbocycles. The lowest BCUT2D eigenvalue weighted by Gasteiger charge is -2.09. The molecule has 6 heteroatoms. The van der Waals surface area contributed by atoms with Crippen LogP contribution in [0.5, 0.6) is 0 Å². The molecule has 1 unspecified atom stereocenters. The number of hydrogen-bond acceptors (Lipinski definition) is 3. The SMILES string of the molecule is CC(Sc1ccc(F)c(F)c1)C(=O)NN. The molecule has 1 aromatic rings. The summed E-state index contributed by atoms with van der Waals surface area (Å²) in [7, 11) is 0. The van der Waals surface area contributed by atoms with E-state index in [9.17, 15) is 13.6 Å². The number of rotatable bonds is 3. The molecule has 1 rings (SSSR count). The van der Waals surface area contributed by atoms with Crippen molar-refractivity contribution in [2.24, 2.45) is 5.84 Å². The number of hydrogen-bond donors (Lipinski definition) is 2. The highest BCUT2D eigenvalue weighted by molar-refractivity contribution is 8.00. The van der Waals surface area contributed by atoms with Gasteiger partial charge in [0.2, 0.25) is 5.91 Å². The van der Waals surface area contributed by atoms with Gasteiger partial charge in [0, 0.05) is 4.90 Å². The van der Waals surface area contributed by atoms with Crippen LogP contribution in [0.25, 0.3) is 0 Å². The van der Waals surface area contributed by atoms with E-state index < -0.39 is 16.9 Å². The average molecular weight is 232 g/mol. The van der Waals surface area contributed by atoms with Gasteiger partial charge in [-0.3, -0.25) is 10.2 Å². The molecule has 0 aliphatic heterocycles. The molecule has 15 heavy (non-hydrogen) atoms. The normalized spacial score (nSPS) is 12.3. The van der Waals surface area contributed by atoms with Gasteiger partial charge in [-0.15, -0.1) is 11.8 Å². The molecule has 0 saturated heterocycles. The summed E-state index contributed by atoms with van der Waals surface area (Å²) in [4.78, 5) is 11.5. The quantitative estimate of drug-likeness (QED) is 0.359. The van der Waals surface area contributed by atoms with Crippen LogP contribution in [0.4, 0.5) is 8.78 Å². The van der Waals surface area contributed by atoms with Crippen molar-refractivity contribution in [1.29, 1.82) is 0 Å². The summed E-state index contributed by atoms with van der Waals surface area (Å²) in [6.07, 6.45) is 0. The number of carbonyl (C=O) groups is 1. The largest absolute Gasteiger partial charge is 0.293 e. The summed E-state index contributed by atoms with van der Waals surface area (Å²) >= 11 is 1.10. The predicted molar refractivity (Wildman–Crippen MR) is 54.0 cm³/mol. The molecule has 3 nitrogen and oxygen atoms in total. The van der Waals surface area contributed by atoms with E-state index in [2.05, 4.69) is 0 Å². The Morgan fingerprint density at radius 2 is 2.13 bits per heavy atom. The summed E-state index contributed by atoms with van der Waals surface area (Å²) in [5.41, 5.74) is 1.98. The third-order valence-corrected chi connectivity index (χ3v) is 2.81. The average Bonchev–Trinajstić information content (AvgIpc) is 2.22. The zero-order valence-corrected chi connectivity index (χ0v) is 8.78. The minimum atomic E-state index is -0.930. The van der Waals surface area contributed by atoms with Gasteiger partial charge in [-0.2, -0.15) is 0 Å². The lowest BCUT2D eigenvalue weighted by atomic mass is 10.3. The van der Waals surface area contributed by atoms with Crippen molar-refractivity contribution in [1.82, 2.24) is 5.43 Å². The van der Waals surface area contributed by atoms with Crippen molar-refractivity contribution in [3.05, 3.63) is 29.8 Å². The van der Waals surface area contributed by atoms with Gasteiger partial charge in [-0.05, 0) is 25.1 Å². The van der Waals surface area contributed by atoms with E-state index in [1.54, 1.807) is 6.92 Å². The molecule has 1 amide bonds. The number of nitrogens with two attached hydrogens (primary N) is 1. The lowest BCUT2D eigenvalue weighted by Crippen LogP contribution is -2.36. The number of nitrogens with one attached hydrogen (secondary N) is 1. The van der Waals surface area contributed by atoms with Gasteiger partial charge in [0.05, 0.1) is 5.25 Å². The van der Waals surface area contributed by atoms with Gasteiger partial charge in [0.15, 0.2) is 11.6 Å². The van der Waals surface area contributed by atoms with Crippen molar-refractivity contribution >= 4 is 17.7 Å². The van der Waals surface area contributed by atoms with Crippen LogP contribution in [0.2, 0.25) is 0 Å². The number of thioether (sulfide) groups is 1. The number of halogens is 2. The summed E-state index contributed by atoms with van der Waals surface area (Å²) in [5, 5.41) is -0.458. The van der Waals surface area contributed by atoms with Crippen LogP contribution < -0.4 is 11.3 Å². The zero-order valence-electron chi connectivity index (χ0n) is 7.96. The fourth-order valence-corrected chi connectivity index (χ4v) is 1.83. The van der Waals surface area contributed by atoms with Crippen molar-refractivity contribution < 1.29 is 13.6 Å². The van der Waals surface area contributed by atoms with Gasteiger partial charge >= 0.3 is 0 Å². The third-order valence-electron chi connectivity index (χ3n) is 1.72. The summed E-state index contributed by atoms with van der Waals surface area (Å²) < 4.78 is 25.4. The van der Waals surface area contributed by atoms with Gasteiger partial charge in [0.1, 0.15) is 0 Å². The minimum Gasteiger partial charge on any atom is -0.293 e. The lowest BCUT2D eigenvalue weighted by molar-refractivity contribution is -0.120. The Morgan fingerprint density at radius 1 is 1.47 bits per heavy atom. The van der Waals surface area contributed by atoms with Crippen LogP contribution in [-0.4, -0.2) is 11.2 Å². The van der Waals surface area contributed by atoms with Crippen LogP contribution in [-0.2, 0) is 4.79 Å². The van der Waals surface area contributed by atoms with Crippen LogP contribution in [0.1, 0.15) is 6.92 Å². The number of carbonyl (C=O) groups excluding carboxylic acids is 1. The zero-order chi connectivity index (χ0) is 11.4. The fraction of sp³-hybridized carbons (Fsp3) is 0.222. The molecule has 0 aromatic heterocycles. The monoisotopic (exact) mass is 232 g/mol. The molecule has 0 bridgehead atoms. The fourth-order valence-electron chi connectivity index (χ4n) is 0.925. The van der Waals surface area contributed by atoms with E-state index in [1.165, 1.54) is 6.07 Å². The molecule has 0 fully saturated rings. The van der Waals surface area contributed by atoms with E-state index in [-0.39, 0.29) is 5.91 Å². The summed E-state index contributed by atoms with van der Waals surface area (Å²) in [6.45, 7) is 1.62. The maximum Gasteiger partial charge on any atom is 0.247 e. The molecule has 3 N–H and O–H groups in total. The van der Waals surface area contributed by atoms with Gasteiger partial charge in [-0.1, -0.05) is 0 Å². The Morgan fingerprint density at radius 3 is 2.67 bits per heavy atom. The Hall–Kier alpha value is -1.14. The van der Waals surface area contributed by atoms with Gasteiger partial charge in [-0.25, -0.2) is 14.6 Å². The van der Waals surface area contributed by atoms with Crippen molar-refractivity contribution in [3.8, 4) is 0 Å². The van der Waals surface area contributed by atoms with Crippen LogP contribution in [0, 0.1) is 11.6 Å². The number of hydrazine groups is 1. The molecular weight excluding hydrogens is 222 g/mol. The van der Waals surface area contributed by atoms with Crippen LogP contribution in [0.3, 0.4) is 0 Å². The Labute approximate surface area is 90.0 Å². The third kappa shape index (κ3) is 3.17. The highest BCUT2D eigenvalue weighted by Crippen LogP contribution is 2.24. The van der Waals surface area contributed by atoms with E-state index in [4.69, 9.17) is 5.84 Å². The van der Waals surface area contributed by atoms with Crippen molar-refractivity contribution in [2.45, 2.75) is 17.1 Å². The standard InChI is InChI=1S/C9H10F2N2OS/c1-5(9(14)13-12)15-6-2-3-7(10)8(11)4-6/h2-5H,12H2,1H3,(H,13,14). The second kappa shape index (κ2) is 5.09. The molecule has 82 valence electrons. The first-order valence-corrected chi connectivity index (χ1v) is 5.04. The topological polar surface area (TPSA) is 55.1 Å². The predicted octanol–water partition coefficient (Wildman–Crippen LogP) is 1.44. The first kappa shape index (κ1) is 11.9. The molecule has 0 aliphatic rings. The summed E-state index contributed by atoms with van der Waals surface area (Å²) in [5.74, 6) is 2.73. The molecule has 0 heterocycles. The number of benzene rings is 1. The molecule has 0 spiro atoms. The van der Waals surface area contributed by atoms with Gasteiger partial charge < -0.3 is 0 Å². The van der Waals surface area contributed by atoms with Gasteiger partial charge in [0.25, 0.3) is 0 Å². The molecular formula is C9H10F2N2OS. The van der Waals surface area contributed by atoms with E-state index in [0.717, 1.165) is 23.9 Å².